The van der Waals surface area contributed by atoms with E-state index in [1.807, 2.05) is 6.92 Å². The first kappa shape index (κ1) is 12.0. The van der Waals surface area contributed by atoms with Crippen LogP contribution >= 0.6 is 0 Å². The highest BCUT2D eigenvalue weighted by Crippen LogP contribution is 2.56. The molecule has 0 amide bonds. The zero-order valence-electron chi connectivity index (χ0n) is 10.7. The van der Waals surface area contributed by atoms with E-state index in [9.17, 15) is 4.79 Å². The molecule has 0 aromatic rings. The van der Waals surface area contributed by atoms with Crippen LogP contribution in [0.5, 0.6) is 0 Å². The Morgan fingerprint density at radius 1 is 1.56 bits per heavy atom. The van der Waals surface area contributed by atoms with Crippen LogP contribution in [0.2, 0.25) is 0 Å². The molecule has 1 aliphatic carbocycles. The Hall–Kier alpha value is -0.505. The summed E-state index contributed by atoms with van der Waals surface area (Å²) in [5, 5.41) is 0. The van der Waals surface area contributed by atoms with Crippen molar-refractivity contribution in [3.8, 4) is 0 Å². The SMILES string of the molecule is B[C@@H]1O[C@]2(CC)C(C(=O)OCC)C[C@H]1[C@H]2C. The minimum atomic E-state index is -0.254. The van der Waals surface area contributed by atoms with E-state index in [4.69, 9.17) is 9.47 Å². The minimum Gasteiger partial charge on any atom is -0.466 e. The van der Waals surface area contributed by atoms with Gasteiger partial charge in [-0.05, 0) is 31.6 Å². The van der Waals surface area contributed by atoms with Gasteiger partial charge in [-0.25, -0.2) is 0 Å². The Kier molecular flexibility index (Phi) is 3.04. The Balaban J connectivity index is 2.22. The van der Waals surface area contributed by atoms with Crippen LogP contribution in [0.15, 0.2) is 0 Å². The molecular weight excluding hydrogens is 203 g/mol. The molecule has 3 nitrogen and oxygen atoms in total. The molecule has 1 aliphatic heterocycles. The lowest BCUT2D eigenvalue weighted by Gasteiger charge is -2.36. The molecule has 1 saturated carbocycles. The fraction of sp³-hybridized carbons (Fsp3) is 0.917. The van der Waals surface area contributed by atoms with Gasteiger partial charge in [0, 0.05) is 6.00 Å². The lowest BCUT2D eigenvalue weighted by molar-refractivity contribution is -0.165. The average molecular weight is 224 g/mol. The summed E-state index contributed by atoms with van der Waals surface area (Å²) in [6.45, 7) is 6.65. The highest BCUT2D eigenvalue weighted by atomic mass is 16.5. The van der Waals surface area contributed by atoms with Gasteiger partial charge in [0.15, 0.2) is 0 Å². The van der Waals surface area contributed by atoms with Crippen LogP contribution in [-0.4, -0.2) is 32.0 Å². The molecule has 0 N–H and O–H groups in total. The predicted molar refractivity (Wildman–Crippen MR) is 63.8 cm³/mol. The Labute approximate surface area is 98.3 Å². The van der Waals surface area contributed by atoms with Crippen molar-refractivity contribution in [3.05, 3.63) is 0 Å². The number of ether oxygens (including phenoxy) is 2. The number of rotatable bonds is 3. The second-order valence-corrected chi connectivity index (χ2v) is 5.12. The number of hydrogen-bond acceptors (Lipinski definition) is 3. The lowest BCUT2D eigenvalue weighted by atomic mass is 9.81. The molecule has 1 saturated heterocycles. The van der Waals surface area contributed by atoms with Crippen molar-refractivity contribution < 1.29 is 14.3 Å². The third-order valence-electron chi connectivity index (χ3n) is 4.64. The Morgan fingerprint density at radius 3 is 2.75 bits per heavy atom. The van der Waals surface area contributed by atoms with Crippen LogP contribution in [0, 0.1) is 17.8 Å². The molecule has 1 heterocycles. The van der Waals surface area contributed by atoms with Gasteiger partial charge in [-0.3, -0.25) is 4.79 Å². The highest BCUT2D eigenvalue weighted by molar-refractivity contribution is 6.11. The number of esters is 1. The van der Waals surface area contributed by atoms with Gasteiger partial charge in [0.05, 0.1) is 18.1 Å². The molecule has 5 atom stereocenters. The topological polar surface area (TPSA) is 35.5 Å². The normalized spacial score (nSPS) is 45.9. The average Bonchev–Trinajstić information content (AvgIpc) is 2.67. The predicted octanol–water partition coefficient (Wildman–Crippen LogP) is 0.960. The second-order valence-electron chi connectivity index (χ2n) is 5.12. The zero-order chi connectivity index (χ0) is 11.9. The summed E-state index contributed by atoms with van der Waals surface area (Å²) in [5.74, 6) is 0.885. The summed E-state index contributed by atoms with van der Waals surface area (Å²) >= 11 is 0. The third kappa shape index (κ3) is 1.42. The van der Waals surface area contributed by atoms with Gasteiger partial charge in [-0.2, -0.15) is 0 Å². The smallest absolute Gasteiger partial charge is 0.311 e. The van der Waals surface area contributed by atoms with Gasteiger partial charge in [0.25, 0.3) is 0 Å². The monoisotopic (exact) mass is 224 g/mol. The standard InChI is InChI=1S/C12H21BO3/c1-4-12-7(3)8(10(13)16-12)6-9(12)11(14)15-5-2/h7-10H,4-6,13H2,1-3H3/t7-,8+,9?,10-,12+/m1/s1. The summed E-state index contributed by atoms with van der Waals surface area (Å²) in [5.41, 5.74) is -0.254. The summed E-state index contributed by atoms with van der Waals surface area (Å²) < 4.78 is 11.3. The van der Waals surface area contributed by atoms with Gasteiger partial charge in [0.1, 0.15) is 7.85 Å². The first-order valence-corrected chi connectivity index (χ1v) is 6.41. The fourth-order valence-electron chi connectivity index (χ4n) is 3.77. The molecule has 2 rings (SSSR count). The van der Waals surface area contributed by atoms with Crippen molar-refractivity contribution in [3.63, 3.8) is 0 Å². The molecule has 90 valence electrons. The van der Waals surface area contributed by atoms with Crippen LogP contribution in [0.1, 0.15) is 33.6 Å². The molecular formula is C12H21BO3. The number of carbonyl (C=O) groups is 1. The van der Waals surface area contributed by atoms with E-state index >= 15 is 0 Å². The zero-order valence-corrected chi connectivity index (χ0v) is 10.7. The molecule has 1 unspecified atom stereocenters. The maximum absolute atomic E-state index is 11.9. The van der Waals surface area contributed by atoms with Crippen LogP contribution in [0.3, 0.4) is 0 Å². The van der Waals surface area contributed by atoms with Crippen LogP contribution in [0.25, 0.3) is 0 Å². The number of hydrogen-bond donors (Lipinski definition) is 0. The van der Waals surface area contributed by atoms with Crippen LogP contribution in [-0.2, 0) is 14.3 Å². The van der Waals surface area contributed by atoms with E-state index in [0.29, 0.717) is 24.4 Å². The first-order chi connectivity index (χ1) is 7.56. The Bertz CT molecular complexity index is 294. The maximum Gasteiger partial charge on any atom is 0.311 e. The van der Waals surface area contributed by atoms with Gasteiger partial charge in [-0.15, -0.1) is 0 Å². The van der Waals surface area contributed by atoms with Crippen molar-refractivity contribution in [2.45, 2.75) is 45.2 Å². The molecule has 0 aromatic heterocycles. The minimum absolute atomic E-state index is 0.0475. The summed E-state index contributed by atoms with van der Waals surface area (Å²) in [6, 6.07) is 0.292. The molecule has 16 heavy (non-hydrogen) atoms. The first-order valence-electron chi connectivity index (χ1n) is 6.41. The summed E-state index contributed by atoms with van der Waals surface area (Å²) in [6.07, 6.45) is 1.84. The molecule has 0 radical (unpaired) electrons. The van der Waals surface area contributed by atoms with E-state index in [2.05, 4.69) is 21.7 Å². The third-order valence-corrected chi connectivity index (χ3v) is 4.64. The number of carbonyl (C=O) groups excluding carboxylic acids is 1. The van der Waals surface area contributed by atoms with Crippen molar-refractivity contribution in [2.75, 3.05) is 6.61 Å². The summed E-state index contributed by atoms with van der Waals surface area (Å²) in [4.78, 5) is 11.9. The fourth-order valence-corrected chi connectivity index (χ4v) is 3.77. The number of fused-ring (bicyclic) bond motifs is 2. The molecule has 4 heteroatoms. The van der Waals surface area contributed by atoms with Crippen molar-refractivity contribution >= 4 is 13.8 Å². The maximum atomic E-state index is 11.9. The van der Waals surface area contributed by atoms with Gasteiger partial charge >= 0.3 is 5.97 Å². The quantitative estimate of drug-likeness (QED) is 0.529. The summed E-state index contributed by atoms with van der Waals surface area (Å²) in [7, 11) is 2.12. The molecule has 0 aromatic carbocycles. The molecule has 2 fully saturated rings. The van der Waals surface area contributed by atoms with E-state index in [1.165, 1.54) is 0 Å². The lowest BCUT2D eigenvalue weighted by Crippen LogP contribution is -2.45. The Morgan fingerprint density at radius 2 is 2.25 bits per heavy atom. The van der Waals surface area contributed by atoms with E-state index in [-0.39, 0.29) is 17.5 Å². The van der Waals surface area contributed by atoms with E-state index < -0.39 is 0 Å². The van der Waals surface area contributed by atoms with Crippen molar-refractivity contribution in [2.24, 2.45) is 17.8 Å². The van der Waals surface area contributed by atoms with Crippen molar-refractivity contribution in [1.29, 1.82) is 0 Å². The van der Waals surface area contributed by atoms with Crippen molar-refractivity contribution in [1.82, 2.24) is 0 Å². The molecule has 0 spiro atoms. The van der Waals surface area contributed by atoms with Gasteiger partial charge in [-0.1, -0.05) is 13.8 Å². The van der Waals surface area contributed by atoms with Gasteiger partial charge in [0.2, 0.25) is 0 Å². The molecule has 2 bridgehead atoms. The van der Waals surface area contributed by atoms with E-state index in [0.717, 1.165) is 12.8 Å². The molecule has 2 aliphatic rings. The van der Waals surface area contributed by atoms with Gasteiger partial charge < -0.3 is 9.47 Å². The van der Waals surface area contributed by atoms with Crippen LogP contribution in [0.4, 0.5) is 0 Å². The largest absolute Gasteiger partial charge is 0.466 e. The van der Waals surface area contributed by atoms with E-state index in [1.54, 1.807) is 0 Å². The second kappa shape index (κ2) is 4.06. The van der Waals surface area contributed by atoms with Crippen LogP contribution < -0.4 is 0 Å². The highest BCUT2D eigenvalue weighted by Gasteiger charge is 2.63.